The fraction of sp³-hybridized carbons (Fsp3) is 0.600. The van der Waals surface area contributed by atoms with Crippen molar-refractivity contribution < 1.29 is 27.8 Å². The van der Waals surface area contributed by atoms with Gasteiger partial charge >= 0.3 is 6.01 Å². The van der Waals surface area contributed by atoms with Crippen molar-refractivity contribution in [1.82, 2.24) is 30.0 Å². The number of rotatable bonds is 3. The molecule has 3 aromatic heterocycles. The second kappa shape index (κ2) is 10.2. The SMILES string of the molecule is OC12COC[C@H]3C[C@H]3c3c(F)cc4[nH]ncc4c3-c3ncc4c(nc(OCC56CCCN5C[C@H](F)C6)nc4c3F)N3CCCC(C3)(C1)C2. The van der Waals surface area contributed by atoms with E-state index in [9.17, 15) is 9.50 Å². The molecule has 5 fully saturated rings. The molecule has 0 amide bonds. The number of nitrogens with zero attached hydrogens (tertiary/aromatic N) is 6. The smallest absolute Gasteiger partial charge is 0.319 e. The van der Waals surface area contributed by atoms with Crippen molar-refractivity contribution in [2.24, 2.45) is 11.3 Å². The highest BCUT2D eigenvalue weighted by atomic mass is 19.1. The van der Waals surface area contributed by atoms with E-state index in [4.69, 9.17) is 14.5 Å². The number of alkyl halides is 1. The Kier molecular flexibility index (Phi) is 6.27. The molecule has 7 bridgehead atoms. The minimum absolute atomic E-state index is 0.00167. The molecule has 2 saturated carbocycles. The Morgan fingerprint density at radius 2 is 1.98 bits per heavy atom. The molecule has 1 unspecified atom stereocenters. The molecule has 13 heteroatoms. The lowest BCUT2D eigenvalue weighted by molar-refractivity contribution is -0.168. The Bertz CT molecular complexity index is 1970. The summed E-state index contributed by atoms with van der Waals surface area (Å²) >= 11 is 0. The highest BCUT2D eigenvalue weighted by Gasteiger charge is 2.56. The third-order valence-corrected chi connectivity index (χ3v) is 12.2. The molecule has 48 heavy (non-hydrogen) atoms. The van der Waals surface area contributed by atoms with Gasteiger partial charge in [0.25, 0.3) is 0 Å². The number of hydrogen-bond donors (Lipinski definition) is 2. The molecule has 1 aromatic carbocycles. The molecule has 0 radical (unpaired) electrons. The van der Waals surface area contributed by atoms with Crippen LogP contribution in [0.25, 0.3) is 33.1 Å². The van der Waals surface area contributed by atoms with Gasteiger partial charge in [-0.15, -0.1) is 0 Å². The van der Waals surface area contributed by atoms with Gasteiger partial charge in [-0.3, -0.25) is 15.0 Å². The number of anilines is 1. The lowest BCUT2D eigenvalue weighted by Crippen LogP contribution is -2.60. The van der Waals surface area contributed by atoms with Crippen molar-refractivity contribution in [3.63, 3.8) is 0 Å². The van der Waals surface area contributed by atoms with Crippen molar-refractivity contribution in [3.8, 4) is 17.3 Å². The minimum atomic E-state index is -0.917. The Labute approximate surface area is 275 Å². The molecule has 3 saturated heterocycles. The van der Waals surface area contributed by atoms with Crippen LogP contribution in [0.4, 0.5) is 19.0 Å². The monoisotopic (exact) mass is 661 g/mol. The van der Waals surface area contributed by atoms with E-state index in [0.717, 1.165) is 32.2 Å². The van der Waals surface area contributed by atoms with E-state index in [1.54, 1.807) is 12.4 Å². The molecule has 2 aliphatic carbocycles. The van der Waals surface area contributed by atoms with Gasteiger partial charge in [-0.1, -0.05) is 0 Å². The second-order valence-electron chi connectivity index (χ2n) is 15.6. The van der Waals surface area contributed by atoms with Crippen LogP contribution in [0, 0.1) is 23.0 Å². The van der Waals surface area contributed by atoms with E-state index < -0.39 is 28.9 Å². The Morgan fingerprint density at radius 1 is 1.10 bits per heavy atom. The zero-order valence-corrected chi connectivity index (χ0v) is 26.7. The maximum atomic E-state index is 17.2. The van der Waals surface area contributed by atoms with Crippen LogP contribution in [-0.4, -0.2) is 98.5 Å². The third-order valence-electron chi connectivity index (χ3n) is 12.2. The van der Waals surface area contributed by atoms with Crippen LogP contribution >= 0.6 is 0 Å². The number of pyridine rings is 1. The summed E-state index contributed by atoms with van der Waals surface area (Å²) in [5.74, 6) is -0.771. The standard InChI is InChI=1S/C35H38F3N7O3/c36-20-9-34(4-2-6-45(34)12-20)17-48-32-41-29-23-10-39-30(28(29)38)27-22-11-40-43-25(22)8-24(37)26(27)21-7-19(21)13-47-18-35(46)14-33(15-35)3-1-5-44(16-33)31(23)42-32/h8,10-11,19-21,46H,1-7,9,12-18H2,(H,40,43)/t19-,20-,21-,33?,34?,35?/m1/s1. The molecule has 1 spiro atoms. The van der Waals surface area contributed by atoms with Crippen LogP contribution in [0.1, 0.15) is 62.8 Å². The van der Waals surface area contributed by atoms with Crippen LogP contribution in [-0.2, 0) is 4.74 Å². The maximum absolute atomic E-state index is 17.2. The van der Waals surface area contributed by atoms with Gasteiger partial charge in [0.15, 0.2) is 5.82 Å². The molecule has 9 heterocycles. The van der Waals surface area contributed by atoms with E-state index in [1.807, 2.05) is 0 Å². The third kappa shape index (κ3) is 4.42. The molecule has 4 aromatic rings. The highest BCUT2D eigenvalue weighted by Crippen LogP contribution is 2.56. The van der Waals surface area contributed by atoms with Gasteiger partial charge in [0.1, 0.15) is 35.6 Å². The van der Waals surface area contributed by atoms with E-state index in [0.29, 0.717) is 85.2 Å². The fourth-order valence-corrected chi connectivity index (χ4v) is 10.2. The lowest BCUT2D eigenvalue weighted by Gasteiger charge is -2.57. The van der Waals surface area contributed by atoms with Crippen LogP contribution in [0.3, 0.4) is 0 Å². The molecule has 10 nitrogen and oxygen atoms in total. The van der Waals surface area contributed by atoms with Crippen molar-refractivity contribution in [2.45, 2.75) is 74.6 Å². The predicted octanol–water partition coefficient (Wildman–Crippen LogP) is 5.05. The Balaban J connectivity index is 1.14. The van der Waals surface area contributed by atoms with Crippen molar-refractivity contribution >= 4 is 27.6 Å². The number of fused-ring (bicyclic) bond motifs is 2. The zero-order valence-electron chi connectivity index (χ0n) is 26.7. The van der Waals surface area contributed by atoms with Crippen molar-refractivity contribution in [2.75, 3.05) is 50.9 Å². The fourth-order valence-electron chi connectivity index (χ4n) is 10.2. The Morgan fingerprint density at radius 3 is 2.88 bits per heavy atom. The summed E-state index contributed by atoms with van der Waals surface area (Å²) in [6.45, 7) is 3.38. The molecule has 6 aliphatic heterocycles. The number of nitrogens with one attached hydrogen (secondary N) is 1. The van der Waals surface area contributed by atoms with Gasteiger partial charge in [0.2, 0.25) is 0 Å². The number of halogens is 3. The van der Waals surface area contributed by atoms with Crippen LogP contribution in [0.15, 0.2) is 18.5 Å². The van der Waals surface area contributed by atoms with Gasteiger partial charge in [-0.25, -0.2) is 13.2 Å². The first kappa shape index (κ1) is 29.4. The summed E-state index contributed by atoms with van der Waals surface area (Å²) in [7, 11) is 0. The number of aromatic nitrogens is 5. The van der Waals surface area contributed by atoms with Crippen LogP contribution in [0.2, 0.25) is 0 Å². The summed E-state index contributed by atoms with van der Waals surface area (Å²) in [4.78, 5) is 18.5. The van der Waals surface area contributed by atoms with Gasteiger partial charge in [-0.05, 0) is 74.8 Å². The van der Waals surface area contributed by atoms with Gasteiger partial charge in [0.05, 0.1) is 41.5 Å². The number of aliphatic hydroxyl groups is 1. The number of hydrogen-bond acceptors (Lipinski definition) is 9. The first-order valence-corrected chi connectivity index (χ1v) is 17.3. The number of benzene rings is 1. The molecular formula is C35H38F3N7O3. The first-order chi connectivity index (χ1) is 23.2. The van der Waals surface area contributed by atoms with Crippen molar-refractivity contribution in [1.29, 1.82) is 0 Å². The van der Waals surface area contributed by atoms with E-state index in [-0.39, 0.29) is 47.7 Å². The molecule has 12 rings (SSSR count). The second-order valence-corrected chi connectivity index (χ2v) is 15.6. The highest BCUT2D eigenvalue weighted by molar-refractivity contribution is 5.99. The van der Waals surface area contributed by atoms with E-state index >= 15 is 8.78 Å². The predicted molar refractivity (Wildman–Crippen MR) is 171 cm³/mol. The number of ether oxygens (including phenoxy) is 2. The van der Waals surface area contributed by atoms with E-state index in [2.05, 4.69) is 30.0 Å². The normalized spacial score (nSPS) is 34.2. The first-order valence-electron chi connectivity index (χ1n) is 17.3. The summed E-state index contributed by atoms with van der Waals surface area (Å²) in [6, 6.07) is 1.44. The quantitative estimate of drug-likeness (QED) is 0.312. The summed E-state index contributed by atoms with van der Waals surface area (Å²) in [5, 5.41) is 19.4. The average Bonchev–Trinajstić information content (AvgIpc) is 3.31. The summed E-state index contributed by atoms with van der Waals surface area (Å²) < 4.78 is 60.1. The molecule has 4 atom stereocenters. The number of aromatic amines is 1. The molecule has 8 aliphatic rings. The summed E-state index contributed by atoms with van der Waals surface area (Å²) in [6.07, 6.45) is 8.20. The summed E-state index contributed by atoms with van der Waals surface area (Å²) in [5.41, 5.74) is -0.221. The number of H-pyrrole nitrogens is 1. The number of piperidine rings is 1. The molecular weight excluding hydrogens is 623 g/mol. The van der Waals surface area contributed by atoms with Gasteiger partial charge in [-0.2, -0.15) is 15.1 Å². The molecule has 2 N–H and O–H groups in total. The molecule has 252 valence electrons. The van der Waals surface area contributed by atoms with Crippen LogP contribution in [0.5, 0.6) is 6.01 Å². The Hall–Kier alpha value is -3.55. The zero-order chi connectivity index (χ0) is 32.4. The average molecular weight is 662 g/mol. The van der Waals surface area contributed by atoms with E-state index in [1.165, 1.54) is 6.07 Å². The topological polar surface area (TPSA) is 113 Å². The maximum Gasteiger partial charge on any atom is 0.319 e. The van der Waals surface area contributed by atoms with Gasteiger partial charge < -0.3 is 19.5 Å². The minimum Gasteiger partial charge on any atom is -0.461 e. The lowest BCUT2D eigenvalue weighted by atomic mass is 9.56. The van der Waals surface area contributed by atoms with Gasteiger partial charge in [0, 0.05) is 48.8 Å². The van der Waals surface area contributed by atoms with Crippen molar-refractivity contribution in [3.05, 3.63) is 35.7 Å². The largest absolute Gasteiger partial charge is 0.461 e. The van der Waals surface area contributed by atoms with Crippen LogP contribution < -0.4 is 9.64 Å².